The topological polar surface area (TPSA) is 76.3 Å². The Morgan fingerprint density at radius 2 is 2.05 bits per heavy atom. The molecule has 0 aliphatic carbocycles. The normalized spacial score (nSPS) is 11.3. The second-order valence-corrected chi connectivity index (χ2v) is 6.47. The maximum atomic E-state index is 12.5. The Bertz CT molecular complexity index is 705. The van der Waals surface area contributed by atoms with Crippen molar-refractivity contribution in [1.29, 1.82) is 0 Å². The molecule has 0 aliphatic rings. The number of benzene rings is 1. The number of anilines is 1. The summed E-state index contributed by atoms with van der Waals surface area (Å²) in [5.74, 6) is 0.325. The minimum Gasteiger partial charge on any atom is -0.326 e. The fourth-order valence-corrected chi connectivity index (χ4v) is 3.38. The Labute approximate surface area is 123 Å². The number of sulfonamides is 1. The molecule has 2 aromatic rings. The van der Waals surface area contributed by atoms with Crippen LogP contribution >= 0.6 is 11.6 Å². The summed E-state index contributed by atoms with van der Waals surface area (Å²) >= 11 is 6.04. The molecule has 1 aromatic carbocycles. The maximum absolute atomic E-state index is 12.5. The molecule has 2 rings (SSSR count). The quantitative estimate of drug-likeness (QED) is 0.937. The van der Waals surface area contributed by atoms with Gasteiger partial charge in [0.1, 0.15) is 10.7 Å². The number of hydrogen-bond acceptors (Lipinski definition) is 4. The third-order valence-corrected chi connectivity index (χ3v) is 5.09. The van der Waals surface area contributed by atoms with Crippen LogP contribution < -0.4 is 10.0 Å². The highest BCUT2D eigenvalue weighted by Crippen LogP contribution is 2.27. The fourth-order valence-electron chi connectivity index (χ4n) is 1.69. The van der Waals surface area contributed by atoms with E-state index in [2.05, 4.69) is 4.98 Å². The Balaban J connectivity index is 2.45. The summed E-state index contributed by atoms with van der Waals surface area (Å²) in [6.07, 6.45) is 1.53. The van der Waals surface area contributed by atoms with Crippen molar-refractivity contribution < 1.29 is 8.42 Å². The van der Waals surface area contributed by atoms with Crippen molar-refractivity contribution in [3.05, 3.63) is 53.2 Å². The van der Waals surface area contributed by atoms with Gasteiger partial charge in [-0.1, -0.05) is 23.7 Å². The monoisotopic (exact) mass is 311 g/mol. The second kappa shape index (κ2) is 5.78. The van der Waals surface area contributed by atoms with Crippen molar-refractivity contribution in [2.45, 2.75) is 11.4 Å². The molecule has 1 aromatic heterocycles. The van der Waals surface area contributed by atoms with E-state index in [1.54, 1.807) is 30.3 Å². The third kappa shape index (κ3) is 2.77. The van der Waals surface area contributed by atoms with Crippen LogP contribution in [0, 0.1) is 0 Å². The molecule has 0 radical (unpaired) electrons. The first-order chi connectivity index (χ1) is 9.46. The van der Waals surface area contributed by atoms with Gasteiger partial charge in [0.25, 0.3) is 10.0 Å². The van der Waals surface area contributed by atoms with Gasteiger partial charge in [0.15, 0.2) is 0 Å². The van der Waals surface area contributed by atoms with Crippen LogP contribution in [-0.4, -0.2) is 20.4 Å². The smallest absolute Gasteiger partial charge is 0.266 e. The van der Waals surface area contributed by atoms with Crippen molar-refractivity contribution in [3.8, 4) is 0 Å². The SMILES string of the molecule is CN(c1ccccn1)S(=O)(=O)c1ccc(CN)cc1Cl. The molecule has 0 bridgehead atoms. The average Bonchev–Trinajstić information content (AvgIpc) is 2.46. The number of nitrogens with zero attached hydrogens (tertiary/aromatic N) is 2. The molecule has 2 N–H and O–H groups in total. The van der Waals surface area contributed by atoms with Crippen molar-refractivity contribution in [1.82, 2.24) is 4.98 Å². The van der Waals surface area contributed by atoms with Crippen LogP contribution in [0.5, 0.6) is 0 Å². The summed E-state index contributed by atoms with van der Waals surface area (Å²) in [5, 5.41) is 0.149. The molecular formula is C13H14ClN3O2S. The van der Waals surface area contributed by atoms with Crippen LogP contribution in [-0.2, 0) is 16.6 Å². The van der Waals surface area contributed by atoms with Gasteiger partial charge < -0.3 is 5.73 Å². The average molecular weight is 312 g/mol. The summed E-state index contributed by atoms with van der Waals surface area (Å²) in [6.45, 7) is 0.302. The highest BCUT2D eigenvalue weighted by atomic mass is 35.5. The van der Waals surface area contributed by atoms with Crippen LogP contribution in [0.25, 0.3) is 0 Å². The molecule has 7 heteroatoms. The van der Waals surface area contributed by atoms with Gasteiger partial charge in [-0.15, -0.1) is 0 Å². The minimum absolute atomic E-state index is 0.0320. The van der Waals surface area contributed by atoms with E-state index in [9.17, 15) is 8.42 Å². The van der Waals surface area contributed by atoms with Gasteiger partial charge in [0.05, 0.1) is 5.02 Å². The fraction of sp³-hybridized carbons (Fsp3) is 0.154. The minimum atomic E-state index is -3.75. The zero-order valence-electron chi connectivity index (χ0n) is 10.8. The zero-order chi connectivity index (χ0) is 14.8. The molecule has 0 saturated carbocycles. The summed E-state index contributed by atoms with van der Waals surface area (Å²) < 4.78 is 26.1. The molecule has 20 heavy (non-hydrogen) atoms. The third-order valence-electron chi connectivity index (χ3n) is 2.84. The molecule has 5 nitrogen and oxygen atoms in total. The molecular weight excluding hydrogens is 298 g/mol. The number of rotatable bonds is 4. The summed E-state index contributed by atoms with van der Waals surface area (Å²) in [4.78, 5) is 4.05. The summed E-state index contributed by atoms with van der Waals surface area (Å²) in [7, 11) is -2.31. The Kier molecular flexibility index (Phi) is 4.27. The van der Waals surface area contributed by atoms with Crippen molar-refractivity contribution in [2.75, 3.05) is 11.4 Å². The Morgan fingerprint density at radius 3 is 2.60 bits per heavy atom. The van der Waals surface area contributed by atoms with E-state index in [0.717, 1.165) is 9.87 Å². The molecule has 0 spiro atoms. The number of hydrogen-bond donors (Lipinski definition) is 1. The molecule has 0 amide bonds. The molecule has 106 valence electrons. The molecule has 0 unspecified atom stereocenters. The van der Waals surface area contributed by atoms with Gasteiger partial charge in [-0.25, -0.2) is 13.4 Å². The number of aromatic nitrogens is 1. The first kappa shape index (κ1) is 14.8. The zero-order valence-corrected chi connectivity index (χ0v) is 12.4. The summed E-state index contributed by atoms with van der Waals surface area (Å²) in [5.41, 5.74) is 6.27. The van der Waals surface area contributed by atoms with Crippen LogP contribution in [0.2, 0.25) is 5.02 Å². The predicted molar refractivity (Wildman–Crippen MR) is 79.2 cm³/mol. The van der Waals surface area contributed by atoms with Gasteiger partial charge >= 0.3 is 0 Å². The van der Waals surface area contributed by atoms with Crippen LogP contribution in [0.15, 0.2) is 47.5 Å². The maximum Gasteiger partial charge on any atom is 0.266 e. The van der Waals surface area contributed by atoms with Crippen molar-refractivity contribution in [2.24, 2.45) is 5.73 Å². The molecule has 0 saturated heterocycles. The Morgan fingerprint density at radius 1 is 1.30 bits per heavy atom. The van der Waals surface area contributed by atoms with E-state index in [0.29, 0.717) is 12.4 Å². The van der Waals surface area contributed by atoms with E-state index in [4.69, 9.17) is 17.3 Å². The van der Waals surface area contributed by atoms with Gasteiger partial charge in [0, 0.05) is 19.8 Å². The first-order valence-corrected chi connectivity index (χ1v) is 7.67. The molecule has 0 fully saturated rings. The Hall–Kier alpha value is -1.63. The van der Waals surface area contributed by atoms with Gasteiger partial charge in [-0.3, -0.25) is 4.31 Å². The number of pyridine rings is 1. The highest BCUT2D eigenvalue weighted by molar-refractivity contribution is 7.92. The highest BCUT2D eigenvalue weighted by Gasteiger charge is 2.24. The standard InChI is InChI=1S/C13H14ClN3O2S/c1-17(13-4-2-3-7-16-13)20(18,19)12-6-5-10(9-15)8-11(12)14/h2-8H,9,15H2,1H3. The van der Waals surface area contributed by atoms with Crippen LogP contribution in [0.4, 0.5) is 5.82 Å². The van der Waals surface area contributed by atoms with Gasteiger partial charge in [-0.05, 0) is 29.8 Å². The summed E-state index contributed by atoms with van der Waals surface area (Å²) in [6, 6.07) is 9.70. The van der Waals surface area contributed by atoms with E-state index >= 15 is 0 Å². The lowest BCUT2D eigenvalue weighted by Gasteiger charge is -2.19. The molecule has 0 aliphatic heterocycles. The molecule has 0 atom stereocenters. The number of nitrogens with two attached hydrogens (primary N) is 1. The van der Waals surface area contributed by atoms with E-state index < -0.39 is 10.0 Å². The van der Waals surface area contributed by atoms with Gasteiger partial charge in [0.2, 0.25) is 0 Å². The lowest BCUT2D eigenvalue weighted by Crippen LogP contribution is -2.27. The van der Waals surface area contributed by atoms with E-state index in [-0.39, 0.29) is 9.92 Å². The molecule has 1 heterocycles. The second-order valence-electron chi connectivity index (χ2n) is 4.13. The lowest BCUT2D eigenvalue weighted by molar-refractivity contribution is 0.594. The van der Waals surface area contributed by atoms with E-state index in [1.165, 1.54) is 19.3 Å². The van der Waals surface area contributed by atoms with Crippen molar-refractivity contribution >= 4 is 27.4 Å². The first-order valence-electron chi connectivity index (χ1n) is 5.85. The van der Waals surface area contributed by atoms with Crippen molar-refractivity contribution in [3.63, 3.8) is 0 Å². The largest absolute Gasteiger partial charge is 0.326 e. The van der Waals surface area contributed by atoms with Gasteiger partial charge in [-0.2, -0.15) is 0 Å². The van der Waals surface area contributed by atoms with Crippen LogP contribution in [0.1, 0.15) is 5.56 Å². The lowest BCUT2D eigenvalue weighted by atomic mass is 10.2. The predicted octanol–water partition coefficient (Wildman–Crippen LogP) is 2.02. The van der Waals surface area contributed by atoms with Crippen LogP contribution in [0.3, 0.4) is 0 Å². The number of halogens is 1. The van der Waals surface area contributed by atoms with E-state index in [1.807, 2.05) is 0 Å².